The van der Waals surface area contributed by atoms with E-state index < -0.39 is 35.9 Å². The summed E-state index contributed by atoms with van der Waals surface area (Å²) in [4.78, 5) is 42.2. The second-order valence-corrected chi connectivity index (χ2v) is 7.49. The van der Waals surface area contributed by atoms with Gasteiger partial charge < -0.3 is 5.32 Å². The van der Waals surface area contributed by atoms with Crippen LogP contribution in [0.3, 0.4) is 0 Å². The molecule has 1 N–H and O–H groups in total. The Morgan fingerprint density at radius 1 is 1.18 bits per heavy atom. The van der Waals surface area contributed by atoms with Crippen LogP contribution in [-0.4, -0.2) is 34.2 Å². The summed E-state index contributed by atoms with van der Waals surface area (Å²) in [5.41, 5.74) is 0.168. The van der Waals surface area contributed by atoms with Gasteiger partial charge in [0.15, 0.2) is 5.13 Å². The van der Waals surface area contributed by atoms with Crippen molar-refractivity contribution in [1.29, 1.82) is 0 Å². The van der Waals surface area contributed by atoms with Gasteiger partial charge in [-0.2, -0.15) is 0 Å². The van der Waals surface area contributed by atoms with Gasteiger partial charge in [-0.1, -0.05) is 12.2 Å². The molecule has 1 fully saturated rings. The number of nitrogens with zero attached hydrogens (tertiary/aromatic N) is 2. The van der Waals surface area contributed by atoms with Gasteiger partial charge in [0.25, 0.3) is 0 Å². The van der Waals surface area contributed by atoms with Crippen LogP contribution in [0.15, 0.2) is 35.7 Å². The minimum Gasteiger partial charge on any atom is -0.300 e. The van der Waals surface area contributed by atoms with E-state index in [1.165, 1.54) is 5.38 Å². The number of aromatic nitrogens is 1. The number of hydrogen-bond donors (Lipinski definition) is 1. The standard InChI is InChI=1S/C19H15F2N3O3S/c20-10-5-6-14(21)13(7-10)15-9-28-19(22-15)23-16(25)8-24-17(26)11-3-1-2-4-12(11)18(24)27/h1-2,5-7,9,11-12H,3-4,8H2,(H,22,23,25)/t11-,12+. The Kier molecular flexibility index (Phi) is 4.76. The van der Waals surface area contributed by atoms with Gasteiger partial charge in [-0.15, -0.1) is 11.3 Å². The molecule has 1 aromatic heterocycles. The van der Waals surface area contributed by atoms with Gasteiger partial charge >= 0.3 is 0 Å². The second kappa shape index (κ2) is 7.23. The summed E-state index contributed by atoms with van der Waals surface area (Å²) >= 11 is 1.04. The molecule has 4 rings (SSSR count). The van der Waals surface area contributed by atoms with E-state index in [1.807, 2.05) is 12.2 Å². The molecule has 1 aliphatic carbocycles. The summed E-state index contributed by atoms with van der Waals surface area (Å²) in [6.45, 7) is -0.395. The number of thiazole rings is 1. The summed E-state index contributed by atoms with van der Waals surface area (Å²) in [5.74, 6) is -3.27. The van der Waals surface area contributed by atoms with Crippen molar-refractivity contribution >= 4 is 34.2 Å². The molecule has 1 saturated heterocycles. The maximum Gasteiger partial charge on any atom is 0.246 e. The highest BCUT2D eigenvalue weighted by Crippen LogP contribution is 2.35. The summed E-state index contributed by atoms with van der Waals surface area (Å²) in [6, 6.07) is 3.03. The quantitative estimate of drug-likeness (QED) is 0.629. The van der Waals surface area contributed by atoms with Gasteiger partial charge in [0.1, 0.15) is 18.2 Å². The average Bonchev–Trinajstić information content (AvgIpc) is 3.23. The lowest BCUT2D eigenvalue weighted by Gasteiger charge is -2.14. The maximum atomic E-state index is 13.9. The Bertz CT molecular complexity index is 978. The molecule has 0 saturated carbocycles. The molecule has 0 radical (unpaired) electrons. The minimum absolute atomic E-state index is 0.0155. The number of rotatable bonds is 4. The van der Waals surface area contributed by atoms with Crippen molar-refractivity contribution in [3.63, 3.8) is 0 Å². The van der Waals surface area contributed by atoms with Crippen LogP contribution in [0.4, 0.5) is 13.9 Å². The van der Waals surface area contributed by atoms with Crippen LogP contribution in [0.2, 0.25) is 0 Å². The van der Waals surface area contributed by atoms with Crippen molar-refractivity contribution in [1.82, 2.24) is 9.88 Å². The number of benzene rings is 1. The SMILES string of the molecule is O=C(CN1C(=O)[C@H]2CC=CC[C@H]2C1=O)Nc1nc(-c2cc(F)ccc2F)cs1. The van der Waals surface area contributed by atoms with Crippen molar-refractivity contribution in [3.8, 4) is 11.3 Å². The van der Waals surface area contributed by atoms with Crippen LogP contribution < -0.4 is 5.32 Å². The molecule has 2 atom stereocenters. The van der Waals surface area contributed by atoms with Gasteiger partial charge in [0, 0.05) is 10.9 Å². The first-order valence-electron chi connectivity index (χ1n) is 8.65. The number of fused-ring (bicyclic) bond motifs is 1. The molecule has 0 bridgehead atoms. The number of halogens is 2. The topological polar surface area (TPSA) is 79.4 Å². The fourth-order valence-electron chi connectivity index (χ4n) is 3.48. The number of likely N-dealkylation sites (tertiary alicyclic amines) is 1. The molecule has 9 heteroatoms. The van der Waals surface area contributed by atoms with Crippen molar-refractivity contribution in [2.24, 2.45) is 11.8 Å². The van der Waals surface area contributed by atoms with Gasteiger partial charge in [-0.05, 0) is 31.0 Å². The van der Waals surface area contributed by atoms with Crippen LogP contribution in [0.25, 0.3) is 11.3 Å². The number of hydrogen-bond acceptors (Lipinski definition) is 5. The normalized spacial score (nSPS) is 21.1. The maximum absolute atomic E-state index is 13.9. The average molecular weight is 403 g/mol. The highest BCUT2D eigenvalue weighted by molar-refractivity contribution is 7.14. The predicted molar refractivity (Wildman–Crippen MR) is 98.2 cm³/mol. The number of carbonyl (C=O) groups excluding carboxylic acids is 3. The Balaban J connectivity index is 1.44. The lowest BCUT2D eigenvalue weighted by atomic mass is 9.85. The predicted octanol–water partition coefficient (Wildman–Crippen LogP) is 2.98. The molecule has 0 spiro atoms. The summed E-state index contributed by atoms with van der Waals surface area (Å²) < 4.78 is 27.2. The highest BCUT2D eigenvalue weighted by atomic mass is 32.1. The van der Waals surface area contributed by atoms with Crippen molar-refractivity contribution in [2.45, 2.75) is 12.8 Å². The van der Waals surface area contributed by atoms with Crippen LogP contribution in [-0.2, 0) is 14.4 Å². The zero-order chi connectivity index (χ0) is 19.8. The number of carbonyl (C=O) groups is 3. The monoisotopic (exact) mass is 403 g/mol. The van der Waals surface area contributed by atoms with E-state index in [0.717, 1.165) is 34.4 Å². The molecule has 6 nitrogen and oxygen atoms in total. The third-order valence-electron chi connectivity index (χ3n) is 4.86. The van der Waals surface area contributed by atoms with E-state index in [4.69, 9.17) is 0 Å². The number of nitrogens with one attached hydrogen (secondary N) is 1. The Hall–Kier alpha value is -2.94. The molecular formula is C19H15F2N3O3S. The van der Waals surface area contributed by atoms with Gasteiger partial charge in [0.05, 0.1) is 17.5 Å². The number of anilines is 1. The van der Waals surface area contributed by atoms with Crippen LogP contribution >= 0.6 is 11.3 Å². The summed E-state index contributed by atoms with van der Waals surface area (Å²) in [6.07, 6.45) is 4.75. The number of imide groups is 1. The van der Waals surface area contributed by atoms with Crippen molar-refractivity contribution in [2.75, 3.05) is 11.9 Å². The zero-order valence-corrected chi connectivity index (χ0v) is 15.3. The highest BCUT2D eigenvalue weighted by Gasteiger charge is 2.47. The van der Waals surface area contributed by atoms with Crippen LogP contribution in [0.1, 0.15) is 12.8 Å². The third kappa shape index (κ3) is 3.33. The molecule has 1 aromatic carbocycles. The van der Waals surface area contributed by atoms with Crippen LogP contribution in [0, 0.1) is 23.5 Å². The smallest absolute Gasteiger partial charge is 0.246 e. The van der Waals surface area contributed by atoms with Gasteiger partial charge in [-0.25, -0.2) is 13.8 Å². The van der Waals surface area contributed by atoms with Gasteiger partial charge in [0.2, 0.25) is 17.7 Å². The first-order valence-corrected chi connectivity index (χ1v) is 9.53. The summed E-state index contributed by atoms with van der Waals surface area (Å²) in [5, 5.41) is 4.16. The molecule has 2 heterocycles. The van der Waals surface area contributed by atoms with E-state index >= 15 is 0 Å². The van der Waals surface area contributed by atoms with E-state index in [0.29, 0.717) is 12.8 Å². The molecule has 28 heavy (non-hydrogen) atoms. The Morgan fingerprint density at radius 3 is 2.54 bits per heavy atom. The van der Waals surface area contributed by atoms with Crippen LogP contribution in [0.5, 0.6) is 0 Å². The largest absolute Gasteiger partial charge is 0.300 e. The molecule has 2 aliphatic rings. The number of amides is 3. The zero-order valence-electron chi connectivity index (χ0n) is 14.5. The molecule has 1 aliphatic heterocycles. The summed E-state index contributed by atoms with van der Waals surface area (Å²) in [7, 11) is 0. The fourth-order valence-corrected chi connectivity index (χ4v) is 4.20. The molecule has 3 amide bonds. The van der Waals surface area contributed by atoms with E-state index in [1.54, 1.807) is 0 Å². The van der Waals surface area contributed by atoms with E-state index in [-0.39, 0.29) is 28.2 Å². The molecule has 2 aromatic rings. The van der Waals surface area contributed by atoms with Crippen molar-refractivity contribution < 1.29 is 23.2 Å². The Morgan fingerprint density at radius 2 is 1.86 bits per heavy atom. The Labute approximate surface area is 162 Å². The molecule has 0 unspecified atom stereocenters. The molecular weight excluding hydrogens is 388 g/mol. The van der Waals surface area contributed by atoms with E-state index in [9.17, 15) is 23.2 Å². The third-order valence-corrected chi connectivity index (χ3v) is 5.61. The number of allylic oxidation sites excluding steroid dienone is 2. The second-order valence-electron chi connectivity index (χ2n) is 6.63. The lowest BCUT2D eigenvalue weighted by molar-refractivity contribution is -0.142. The fraction of sp³-hybridized carbons (Fsp3) is 0.263. The van der Waals surface area contributed by atoms with Crippen molar-refractivity contribution in [3.05, 3.63) is 47.4 Å². The first-order chi connectivity index (χ1) is 13.4. The molecule has 144 valence electrons. The first kappa shape index (κ1) is 18.4. The van der Waals surface area contributed by atoms with Gasteiger partial charge in [-0.3, -0.25) is 19.3 Å². The van der Waals surface area contributed by atoms with E-state index in [2.05, 4.69) is 10.3 Å². The lowest BCUT2D eigenvalue weighted by Crippen LogP contribution is -2.38. The minimum atomic E-state index is -0.631.